The average molecular weight is 250 g/mol. The first kappa shape index (κ1) is 15.2. The summed E-state index contributed by atoms with van der Waals surface area (Å²) in [6.45, 7) is 10.3. The Hall–Kier alpha value is -0.900. The number of aliphatic hydroxyl groups is 1. The van der Waals surface area contributed by atoms with E-state index in [4.69, 9.17) is 10.8 Å². The molecule has 0 saturated heterocycles. The van der Waals surface area contributed by atoms with E-state index in [-0.39, 0.29) is 12.6 Å². The molecule has 0 amide bonds. The summed E-state index contributed by atoms with van der Waals surface area (Å²) in [5.41, 5.74) is 12.6. The molecule has 1 atom stereocenters. The van der Waals surface area contributed by atoms with Gasteiger partial charge in [-0.1, -0.05) is 6.07 Å². The molecule has 0 saturated carbocycles. The summed E-state index contributed by atoms with van der Waals surface area (Å²) in [6.07, 6.45) is 1.01. The fourth-order valence-electron chi connectivity index (χ4n) is 2.24. The van der Waals surface area contributed by atoms with Crippen LogP contribution in [0.4, 0.5) is 0 Å². The van der Waals surface area contributed by atoms with E-state index in [1.165, 1.54) is 27.8 Å². The molecular weight excluding hydrogens is 224 g/mol. The van der Waals surface area contributed by atoms with Crippen LogP contribution in [0.15, 0.2) is 6.07 Å². The summed E-state index contributed by atoms with van der Waals surface area (Å²) in [5.74, 6) is 0. The molecule has 0 aliphatic carbocycles. The quantitative estimate of drug-likeness (QED) is 0.668. The van der Waals surface area contributed by atoms with Crippen molar-refractivity contribution in [2.24, 2.45) is 5.73 Å². The smallest absolute Gasteiger partial charge is 0.0594 e. The summed E-state index contributed by atoms with van der Waals surface area (Å²) < 4.78 is 0. The number of rotatable bonds is 6. The van der Waals surface area contributed by atoms with Gasteiger partial charge in [-0.15, -0.1) is 0 Å². The minimum absolute atomic E-state index is 0.0363. The van der Waals surface area contributed by atoms with Crippen molar-refractivity contribution in [3.05, 3.63) is 33.9 Å². The zero-order valence-corrected chi connectivity index (χ0v) is 12.0. The van der Waals surface area contributed by atoms with Gasteiger partial charge in [0.2, 0.25) is 0 Å². The van der Waals surface area contributed by atoms with Crippen molar-refractivity contribution in [2.75, 3.05) is 19.7 Å². The van der Waals surface area contributed by atoms with E-state index in [0.717, 1.165) is 13.0 Å². The Bertz CT molecular complexity index is 376. The standard InChI is InChI=1S/C15H26N2O/c1-10-7-11(2)13(4)15(12(10)3)5-6-17-8-14(16)9-18/h7,14,17-18H,5-6,8-9,16H2,1-4H3. The zero-order valence-electron chi connectivity index (χ0n) is 12.0. The van der Waals surface area contributed by atoms with E-state index in [0.29, 0.717) is 6.54 Å². The lowest BCUT2D eigenvalue weighted by Crippen LogP contribution is -2.37. The van der Waals surface area contributed by atoms with E-state index >= 15 is 0 Å². The van der Waals surface area contributed by atoms with Crippen LogP contribution in [-0.2, 0) is 6.42 Å². The Morgan fingerprint density at radius 2 is 1.72 bits per heavy atom. The van der Waals surface area contributed by atoms with Gasteiger partial charge >= 0.3 is 0 Å². The van der Waals surface area contributed by atoms with Crippen molar-refractivity contribution in [2.45, 2.75) is 40.2 Å². The zero-order chi connectivity index (χ0) is 13.7. The normalized spacial score (nSPS) is 12.8. The Kier molecular flexibility index (Phi) is 5.79. The van der Waals surface area contributed by atoms with Crippen LogP contribution in [0.1, 0.15) is 27.8 Å². The monoisotopic (exact) mass is 250 g/mol. The maximum atomic E-state index is 8.85. The van der Waals surface area contributed by atoms with E-state index in [1.807, 2.05) is 0 Å². The molecule has 3 heteroatoms. The Balaban J connectivity index is 2.62. The molecule has 102 valence electrons. The van der Waals surface area contributed by atoms with Crippen molar-refractivity contribution in [3.8, 4) is 0 Å². The molecule has 1 unspecified atom stereocenters. The average Bonchev–Trinajstić information content (AvgIpc) is 2.35. The molecule has 0 bridgehead atoms. The number of nitrogens with one attached hydrogen (secondary N) is 1. The minimum atomic E-state index is -0.161. The third-order valence-electron chi connectivity index (χ3n) is 3.71. The van der Waals surface area contributed by atoms with Gasteiger partial charge in [0.05, 0.1) is 6.61 Å². The van der Waals surface area contributed by atoms with Gasteiger partial charge in [-0.3, -0.25) is 0 Å². The second-order valence-electron chi connectivity index (χ2n) is 5.14. The molecule has 0 fully saturated rings. The third kappa shape index (κ3) is 3.80. The fourth-order valence-corrected chi connectivity index (χ4v) is 2.24. The first-order chi connectivity index (χ1) is 8.47. The van der Waals surface area contributed by atoms with E-state index in [1.54, 1.807) is 0 Å². The lowest BCUT2D eigenvalue weighted by atomic mass is 9.92. The van der Waals surface area contributed by atoms with Crippen molar-refractivity contribution in [3.63, 3.8) is 0 Å². The van der Waals surface area contributed by atoms with Crippen LogP contribution >= 0.6 is 0 Å². The lowest BCUT2D eigenvalue weighted by Gasteiger charge is -2.16. The largest absolute Gasteiger partial charge is 0.395 e. The van der Waals surface area contributed by atoms with Crippen LogP contribution in [0, 0.1) is 27.7 Å². The molecule has 18 heavy (non-hydrogen) atoms. The molecule has 0 aromatic heterocycles. The van der Waals surface area contributed by atoms with Crippen LogP contribution in [0.2, 0.25) is 0 Å². The molecule has 4 N–H and O–H groups in total. The van der Waals surface area contributed by atoms with Crippen LogP contribution in [0.25, 0.3) is 0 Å². The number of hydrogen-bond acceptors (Lipinski definition) is 3. The van der Waals surface area contributed by atoms with Gasteiger partial charge in [0.25, 0.3) is 0 Å². The van der Waals surface area contributed by atoms with Gasteiger partial charge in [0.1, 0.15) is 0 Å². The molecule has 0 aliphatic rings. The Morgan fingerprint density at radius 1 is 1.17 bits per heavy atom. The molecular formula is C15H26N2O. The highest BCUT2D eigenvalue weighted by Gasteiger charge is 2.08. The van der Waals surface area contributed by atoms with Crippen LogP contribution in [-0.4, -0.2) is 30.8 Å². The van der Waals surface area contributed by atoms with Gasteiger partial charge in [-0.2, -0.15) is 0 Å². The topological polar surface area (TPSA) is 58.3 Å². The van der Waals surface area contributed by atoms with Crippen LogP contribution in [0.3, 0.4) is 0 Å². The highest BCUT2D eigenvalue weighted by Crippen LogP contribution is 2.21. The molecule has 0 aliphatic heterocycles. The van der Waals surface area contributed by atoms with Gasteiger partial charge < -0.3 is 16.2 Å². The molecule has 3 nitrogen and oxygen atoms in total. The van der Waals surface area contributed by atoms with Crippen molar-refractivity contribution >= 4 is 0 Å². The lowest BCUT2D eigenvalue weighted by molar-refractivity contribution is 0.262. The maximum absolute atomic E-state index is 8.85. The fraction of sp³-hybridized carbons (Fsp3) is 0.600. The predicted molar refractivity (Wildman–Crippen MR) is 77.0 cm³/mol. The second kappa shape index (κ2) is 6.88. The Labute approximate surface area is 110 Å². The SMILES string of the molecule is Cc1cc(C)c(C)c(CCNCC(N)CO)c1C. The van der Waals surface area contributed by atoms with Gasteiger partial charge in [-0.05, 0) is 68.5 Å². The summed E-state index contributed by atoms with van der Waals surface area (Å²) in [4.78, 5) is 0. The van der Waals surface area contributed by atoms with Gasteiger partial charge in [-0.25, -0.2) is 0 Å². The number of aliphatic hydroxyl groups excluding tert-OH is 1. The third-order valence-corrected chi connectivity index (χ3v) is 3.71. The van der Waals surface area contributed by atoms with Crippen LogP contribution < -0.4 is 11.1 Å². The molecule has 0 spiro atoms. The van der Waals surface area contributed by atoms with Crippen molar-refractivity contribution in [1.29, 1.82) is 0 Å². The van der Waals surface area contributed by atoms with Crippen molar-refractivity contribution < 1.29 is 5.11 Å². The van der Waals surface area contributed by atoms with Gasteiger partial charge in [0, 0.05) is 12.6 Å². The van der Waals surface area contributed by atoms with E-state index < -0.39 is 0 Å². The molecule has 1 aromatic rings. The summed E-state index contributed by atoms with van der Waals surface area (Å²) in [7, 11) is 0. The second-order valence-corrected chi connectivity index (χ2v) is 5.14. The van der Waals surface area contributed by atoms with E-state index in [2.05, 4.69) is 39.1 Å². The van der Waals surface area contributed by atoms with Crippen molar-refractivity contribution in [1.82, 2.24) is 5.32 Å². The predicted octanol–water partition coefficient (Wildman–Crippen LogP) is 1.37. The molecule has 1 rings (SSSR count). The number of hydrogen-bond donors (Lipinski definition) is 3. The molecule has 0 heterocycles. The highest BCUT2D eigenvalue weighted by molar-refractivity contribution is 5.44. The summed E-state index contributed by atoms with van der Waals surface area (Å²) >= 11 is 0. The number of aryl methyl sites for hydroxylation is 2. The molecule has 0 radical (unpaired) electrons. The first-order valence-electron chi connectivity index (χ1n) is 6.60. The maximum Gasteiger partial charge on any atom is 0.0594 e. The molecule has 1 aromatic carbocycles. The summed E-state index contributed by atoms with van der Waals surface area (Å²) in [6, 6.07) is 2.09. The highest BCUT2D eigenvalue weighted by atomic mass is 16.3. The minimum Gasteiger partial charge on any atom is -0.395 e. The van der Waals surface area contributed by atoms with Gasteiger partial charge in [0.15, 0.2) is 0 Å². The number of benzene rings is 1. The number of nitrogens with two attached hydrogens (primary N) is 1. The van der Waals surface area contributed by atoms with Crippen LogP contribution in [0.5, 0.6) is 0 Å². The Morgan fingerprint density at radius 3 is 2.22 bits per heavy atom. The van der Waals surface area contributed by atoms with E-state index in [9.17, 15) is 0 Å². The summed E-state index contributed by atoms with van der Waals surface area (Å²) in [5, 5.41) is 12.1. The first-order valence-corrected chi connectivity index (χ1v) is 6.60.